The summed E-state index contributed by atoms with van der Waals surface area (Å²) in [6.07, 6.45) is 0. The largest absolute Gasteiger partial charge is 0.121 e. The van der Waals surface area contributed by atoms with Gasteiger partial charge in [-0.2, -0.15) is 0 Å². The summed E-state index contributed by atoms with van der Waals surface area (Å²) in [5.41, 5.74) is 6.49. The second-order valence-corrected chi connectivity index (χ2v) is 7.25. The summed E-state index contributed by atoms with van der Waals surface area (Å²) in [6, 6.07) is 38.7. The molecular weight excluding hydrogens is 332 g/mol. The van der Waals surface area contributed by atoms with Crippen molar-refractivity contribution in [2.45, 2.75) is 10.6 Å². The summed E-state index contributed by atoms with van der Waals surface area (Å²) in [4.78, 5) is 1.30. The Labute approximate surface area is 159 Å². The van der Waals surface area contributed by atoms with Gasteiger partial charge in [0.15, 0.2) is 0 Å². The van der Waals surface area contributed by atoms with Crippen LogP contribution in [0.1, 0.15) is 5.56 Å². The number of benzene rings is 4. The first kappa shape index (κ1) is 16.7. The van der Waals surface area contributed by atoms with Gasteiger partial charge in [0, 0.05) is 10.6 Å². The Bertz CT molecular complexity index is 961. The second-order valence-electron chi connectivity index (χ2n) is 6.21. The van der Waals surface area contributed by atoms with E-state index in [1.54, 1.807) is 0 Å². The van der Waals surface area contributed by atoms with Gasteiger partial charge < -0.3 is 0 Å². The van der Waals surface area contributed by atoms with E-state index in [1.165, 1.54) is 32.7 Å². The summed E-state index contributed by atoms with van der Waals surface area (Å²) in [5.74, 6) is 0.953. The van der Waals surface area contributed by atoms with Crippen molar-refractivity contribution in [2.75, 3.05) is 0 Å². The molecule has 0 aliphatic heterocycles. The van der Waals surface area contributed by atoms with Crippen molar-refractivity contribution >= 4 is 11.8 Å². The second kappa shape index (κ2) is 8.07. The third-order valence-corrected chi connectivity index (χ3v) is 5.50. The van der Waals surface area contributed by atoms with Crippen molar-refractivity contribution in [1.29, 1.82) is 0 Å². The third kappa shape index (κ3) is 3.89. The molecule has 0 nitrogen and oxygen atoms in total. The molecule has 0 aliphatic rings. The molecule has 0 radical (unpaired) electrons. The van der Waals surface area contributed by atoms with Crippen LogP contribution in [0.2, 0.25) is 0 Å². The van der Waals surface area contributed by atoms with Crippen LogP contribution in [0.15, 0.2) is 114 Å². The van der Waals surface area contributed by atoms with Crippen LogP contribution in [0.4, 0.5) is 0 Å². The van der Waals surface area contributed by atoms with E-state index < -0.39 is 0 Å². The van der Waals surface area contributed by atoms with Gasteiger partial charge in [0.05, 0.1) is 0 Å². The normalized spacial score (nSPS) is 10.6. The van der Waals surface area contributed by atoms with Crippen LogP contribution in [0.5, 0.6) is 0 Å². The lowest BCUT2D eigenvalue weighted by Gasteiger charge is -2.13. The predicted molar refractivity (Wildman–Crippen MR) is 113 cm³/mol. The molecule has 126 valence electrons. The molecule has 4 aromatic carbocycles. The zero-order valence-electron chi connectivity index (χ0n) is 14.5. The molecule has 4 aromatic rings. The molecule has 0 unspecified atom stereocenters. The standard InChI is InChI=1S/C25H20S/c1-4-10-20(11-5-1)22-16-17-25(21-12-6-2-7-13-21)23(18-22)19-26-24-14-8-3-9-15-24/h1-18H,19H2. The fraction of sp³-hybridized carbons (Fsp3) is 0.0400. The highest BCUT2D eigenvalue weighted by Gasteiger charge is 2.08. The smallest absolute Gasteiger partial charge is 0.0238 e. The molecule has 0 N–H and O–H groups in total. The van der Waals surface area contributed by atoms with Gasteiger partial charge in [0.2, 0.25) is 0 Å². The van der Waals surface area contributed by atoms with Crippen LogP contribution < -0.4 is 0 Å². The van der Waals surface area contributed by atoms with E-state index in [-0.39, 0.29) is 0 Å². The van der Waals surface area contributed by atoms with Gasteiger partial charge in [-0.15, -0.1) is 11.8 Å². The maximum Gasteiger partial charge on any atom is 0.0238 e. The Kier molecular flexibility index (Phi) is 5.18. The number of hydrogen-bond donors (Lipinski definition) is 0. The molecule has 0 bridgehead atoms. The minimum absolute atomic E-state index is 0.953. The van der Waals surface area contributed by atoms with E-state index >= 15 is 0 Å². The topological polar surface area (TPSA) is 0 Å². The summed E-state index contributed by atoms with van der Waals surface area (Å²) in [5, 5.41) is 0. The zero-order chi connectivity index (χ0) is 17.6. The Morgan fingerprint density at radius 1 is 0.500 bits per heavy atom. The van der Waals surface area contributed by atoms with Crippen molar-refractivity contribution in [3.8, 4) is 22.3 Å². The van der Waals surface area contributed by atoms with Gasteiger partial charge >= 0.3 is 0 Å². The molecule has 0 atom stereocenters. The summed E-state index contributed by atoms with van der Waals surface area (Å²) < 4.78 is 0. The summed E-state index contributed by atoms with van der Waals surface area (Å²) in [7, 11) is 0. The lowest BCUT2D eigenvalue weighted by molar-refractivity contribution is 1.38. The van der Waals surface area contributed by atoms with Gasteiger partial charge in [-0.3, -0.25) is 0 Å². The van der Waals surface area contributed by atoms with Crippen LogP contribution in [0.3, 0.4) is 0 Å². The molecule has 0 heterocycles. The number of rotatable bonds is 5. The summed E-state index contributed by atoms with van der Waals surface area (Å²) >= 11 is 1.89. The molecular formula is C25H20S. The van der Waals surface area contributed by atoms with Gasteiger partial charge in [-0.1, -0.05) is 91.0 Å². The number of hydrogen-bond acceptors (Lipinski definition) is 1. The van der Waals surface area contributed by atoms with Crippen molar-refractivity contribution < 1.29 is 0 Å². The Hall–Kier alpha value is -2.77. The monoisotopic (exact) mass is 352 g/mol. The van der Waals surface area contributed by atoms with E-state index in [0.717, 1.165) is 5.75 Å². The van der Waals surface area contributed by atoms with Gasteiger partial charge in [-0.05, 0) is 46.0 Å². The lowest BCUT2D eigenvalue weighted by atomic mass is 9.96. The molecule has 26 heavy (non-hydrogen) atoms. The first-order valence-corrected chi connectivity index (χ1v) is 9.80. The highest BCUT2D eigenvalue weighted by atomic mass is 32.2. The molecule has 0 spiro atoms. The van der Waals surface area contributed by atoms with Crippen LogP contribution in [-0.2, 0) is 5.75 Å². The highest BCUT2D eigenvalue weighted by Crippen LogP contribution is 2.33. The molecule has 0 amide bonds. The van der Waals surface area contributed by atoms with Crippen molar-refractivity contribution in [1.82, 2.24) is 0 Å². The van der Waals surface area contributed by atoms with Gasteiger partial charge in [-0.25, -0.2) is 0 Å². The quantitative estimate of drug-likeness (QED) is 0.339. The predicted octanol–water partition coefficient (Wildman–Crippen LogP) is 7.31. The fourth-order valence-electron chi connectivity index (χ4n) is 3.10. The molecule has 1 heteroatoms. The Balaban J connectivity index is 1.71. The first-order chi connectivity index (χ1) is 12.9. The average molecular weight is 353 g/mol. The van der Waals surface area contributed by atoms with E-state index in [2.05, 4.69) is 109 Å². The first-order valence-electron chi connectivity index (χ1n) is 8.82. The summed E-state index contributed by atoms with van der Waals surface area (Å²) in [6.45, 7) is 0. The van der Waals surface area contributed by atoms with Crippen LogP contribution in [0, 0.1) is 0 Å². The fourth-order valence-corrected chi connectivity index (χ4v) is 4.01. The highest BCUT2D eigenvalue weighted by molar-refractivity contribution is 7.98. The average Bonchev–Trinajstić information content (AvgIpc) is 2.74. The van der Waals surface area contributed by atoms with Crippen molar-refractivity contribution in [3.63, 3.8) is 0 Å². The number of thioether (sulfide) groups is 1. The minimum atomic E-state index is 0.953. The van der Waals surface area contributed by atoms with E-state index in [4.69, 9.17) is 0 Å². The SMILES string of the molecule is c1ccc(SCc2cc(-c3ccccc3)ccc2-c2ccccc2)cc1. The zero-order valence-corrected chi connectivity index (χ0v) is 15.3. The van der Waals surface area contributed by atoms with Gasteiger partial charge in [0.1, 0.15) is 0 Å². The van der Waals surface area contributed by atoms with E-state index in [9.17, 15) is 0 Å². The van der Waals surface area contributed by atoms with Crippen LogP contribution in [0.25, 0.3) is 22.3 Å². The molecule has 0 aliphatic carbocycles. The Morgan fingerprint density at radius 2 is 1.08 bits per heavy atom. The van der Waals surface area contributed by atoms with E-state index in [1.807, 2.05) is 11.8 Å². The maximum atomic E-state index is 2.34. The molecule has 0 aromatic heterocycles. The lowest BCUT2D eigenvalue weighted by Crippen LogP contribution is -1.90. The maximum absolute atomic E-state index is 2.34. The molecule has 0 saturated carbocycles. The molecule has 4 rings (SSSR count). The van der Waals surface area contributed by atoms with Crippen LogP contribution in [-0.4, -0.2) is 0 Å². The Morgan fingerprint density at radius 3 is 1.73 bits per heavy atom. The van der Waals surface area contributed by atoms with Gasteiger partial charge in [0.25, 0.3) is 0 Å². The van der Waals surface area contributed by atoms with E-state index in [0.29, 0.717) is 0 Å². The third-order valence-electron chi connectivity index (χ3n) is 4.43. The molecule has 0 fully saturated rings. The minimum Gasteiger partial charge on any atom is -0.121 e. The van der Waals surface area contributed by atoms with Crippen molar-refractivity contribution in [2.24, 2.45) is 0 Å². The molecule has 0 saturated heterocycles. The van der Waals surface area contributed by atoms with Crippen LogP contribution >= 0.6 is 11.8 Å². The van der Waals surface area contributed by atoms with Crippen molar-refractivity contribution in [3.05, 3.63) is 115 Å².